The van der Waals surface area contributed by atoms with Crippen LogP contribution in [0.5, 0.6) is 0 Å². The second-order valence-electron chi connectivity index (χ2n) is 2.25. The van der Waals surface area contributed by atoms with Crippen LogP contribution >= 0.6 is 0 Å². The van der Waals surface area contributed by atoms with Gasteiger partial charge in [-0.3, -0.25) is 9.59 Å². The Kier molecular flexibility index (Phi) is 3.14. The number of hydrogen-bond donors (Lipinski definition) is 0. The van der Waals surface area contributed by atoms with E-state index in [0.717, 1.165) is 0 Å². The van der Waals surface area contributed by atoms with Crippen molar-refractivity contribution in [3.05, 3.63) is 0 Å². The maximum Gasteiger partial charge on any atom is 0.460 e. The van der Waals surface area contributed by atoms with Gasteiger partial charge in [-0.1, -0.05) is 0 Å². The minimum Gasteiger partial charge on any atom is -0.281 e. The molecule has 0 atom stereocenters. The summed E-state index contributed by atoms with van der Waals surface area (Å²) in [5.41, 5.74) is 0. The third kappa shape index (κ3) is 2.07. The molecule has 0 aromatic rings. The van der Waals surface area contributed by atoms with Crippen molar-refractivity contribution < 1.29 is 44.7 Å². The van der Waals surface area contributed by atoms with E-state index >= 15 is 0 Å². The molecule has 0 spiro atoms. The molecule has 0 fully saturated rings. The van der Waals surface area contributed by atoms with Gasteiger partial charge >= 0.3 is 29.8 Å². The highest BCUT2D eigenvalue weighted by atomic mass is 19.4. The van der Waals surface area contributed by atoms with Crippen LogP contribution in [0.1, 0.15) is 0 Å². The van der Waals surface area contributed by atoms with Crippen LogP contribution in [-0.4, -0.2) is 29.8 Å². The summed E-state index contributed by atoms with van der Waals surface area (Å²) in [4.78, 5) is 19.2. The summed E-state index contributed by atoms with van der Waals surface area (Å²) < 4.78 is 93.3. The molecule has 0 bridgehead atoms. The maximum atomic E-state index is 12.1. The van der Waals surface area contributed by atoms with E-state index in [-0.39, 0.29) is 0 Å². The molecule has 0 aliphatic rings. The zero-order valence-electron chi connectivity index (χ0n) is 6.34. The lowest BCUT2D eigenvalue weighted by molar-refractivity contribution is -0.342. The molecule has 88 valence electrons. The topological polar surface area (TPSA) is 34.1 Å². The van der Waals surface area contributed by atoms with Crippen molar-refractivity contribution >= 4 is 11.8 Å². The first-order valence-electron chi connectivity index (χ1n) is 2.92. The zero-order chi connectivity index (χ0) is 12.7. The highest BCUT2D eigenvalue weighted by Crippen LogP contribution is 2.46. The van der Waals surface area contributed by atoms with Crippen LogP contribution in [0.4, 0.5) is 35.1 Å². The Morgan fingerprint density at radius 3 is 1.33 bits per heavy atom. The highest BCUT2D eigenvalue weighted by molar-refractivity contribution is 6.36. The van der Waals surface area contributed by atoms with Gasteiger partial charge in [-0.15, -0.1) is 0 Å². The average molecular weight is 244 g/mol. The van der Waals surface area contributed by atoms with Crippen molar-refractivity contribution in [1.29, 1.82) is 0 Å². The Morgan fingerprint density at radius 2 is 1.13 bits per heavy atom. The van der Waals surface area contributed by atoms with Crippen LogP contribution in [0.25, 0.3) is 0 Å². The summed E-state index contributed by atoms with van der Waals surface area (Å²) in [5, 5.41) is 0. The first kappa shape index (κ1) is 13.8. The van der Waals surface area contributed by atoms with Crippen LogP contribution in [0.2, 0.25) is 0 Å². The summed E-state index contributed by atoms with van der Waals surface area (Å²) in [6, 6.07) is -3.58. The smallest absolute Gasteiger partial charge is 0.281 e. The van der Waals surface area contributed by atoms with Crippen LogP contribution in [0, 0.1) is 0 Å². The number of carbonyl (C=O) groups excluding carboxylic acids is 2. The SMILES string of the molecule is O=C(F)C(=O)C(F)(F)C(F)(F)C(F)(F)F. The molecule has 0 aliphatic heterocycles. The van der Waals surface area contributed by atoms with E-state index in [1.807, 2.05) is 0 Å². The Bertz CT molecular complexity index is 290. The Morgan fingerprint density at radius 1 is 0.800 bits per heavy atom. The predicted octanol–water partition coefficient (Wildman–Crippen LogP) is 1.88. The molecule has 0 aromatic carbocycles. The lowest BCUT2D eigenvalue weighted by atomic mass is 10.1. The highest BCUT2D eigenvalue weighted by Gasteiger charge is 2.77. The maximum absolute atomic E-state index is 12.1. The molecular formula is C5F8O2. The van der Waals surface area contributed by atoms with E-state index in [1.54, 1.807) is 0 Å². The first-order chi connectivity index (χ1) is 6.35. The van der Waals surface area contributed by atoms with Crippen LogP contribution in [0.15, 0.2) is 0 Å². The van der Waals surface area contributed by atoms with Crippen molar-refractivity contribution in [2.75, 3.05) is 0 Å². The van der Waals surface area contributed by atoms with Gasteiger partial charge in [0.05, 0.1) is 0 Å². The van der Waals surface area contributed by atoms with Gasteiger partial charge in [-0.05, 0) is 0 Å². The lowest BCUT2D eigenvalue weighted by Gasteiger charge is -2.25. The largest absolute Gasteiger partial charge is 0.460 e. The Hall–Kier alpha value is -1.22. The number of hydrogen-bond acceptors (Lipinski definition) is 2. The fourth-order valence-electron chi connectivity index (χ4n) is 0.444. The van der Waals surface area contributed by atoms with Crippen LogP contribution in [0.3, 0.4) is 0 Å². The summed E-state index contributed by atoms with van der Waals surface area (Å²) in [7, 11) is 0. The second-order valence-corrected chi connectivity index (χ2v) is 2.25. The van der Waals surface area contributed by atoms with E-state index in [9.17, 15) is 44.7 Å². The molecule has 0 radical (unpaired) electrons. The molecule has 0 saturated heterocycles. The number of alkyl halides is 7. The van der Waals surface area contributed by atoms with Gasteiger partial charge in [0.25, 0.3) is 0 Å². The lowest BCUT2D eigenvalue weighted by Crippen LogP contribution is -2.57. The van der Waals surface area contributed by atoms with Crippen LogP contribution < -0.4 is 0 Å². The van der Waals surface area contributed by atoms with Crippen molar-refractivity contribution in [2.24, 2.45) is 0 Å². The van der Waals surface area contributed by atoms with Crippen molar-refractivity contribution in [1.82, 2.24) is 0 Å². The van der Waals surface area contributed by atoms with Gasteiger partial charge in [0.15, 0.2) is 0 Å². The summed E-state index contributed by atoms with van der Waals surface area (Å²) in [6.07, 6.45) is -6.78. The van der Waals surface area contributed by atoms with E-state index in [1.165, 1.54) is 0 Å². The normalized spacial score (nSPS) is 13.9. The van der Waals surface area contributed by atoms with Crippen molar-refractivity contribution in [2.45, 2.75) is 18.0 Å². The zero-order valence-corrected chi connectivity index (χ0v) is 6.34. The fraction of sp³-hybridized carbons (Fsp3) is 0.600. The molecule has 0 aliphatic carbocycles. The van der Waals surface area contributed by atoms with Gasteiger partial charge < -0.3 is 0 Å². The minimum absolute atomic E-state index is 3.58. The monoisotopic (exact) mass is 244 g/mol. The third-order valence-corrected chi connectivity index (χ3v) is 1.21. The molecule has 0 heterocycles. The average Bonchev–Trinajstić information content (AvgIpc) is 2.00. The third-order valence-electron chi connectivity index (χ3n) is 1.21. The van der Waals surface area contributed by atoms with E-state index in [4.69, 9.17) is 0 Å². The molecule has 0 N–H and O–H groups in total. The first-order valence-corrected chi connectivity index (χ1v) is 2.92. The van der Waals surface area contributed by atoms with E-state index in [2.05, 4.69) is 0 Å². The van der Waals surface area contributed by atoms with Crippen molar-refractivity contribution in [3.8, 4) is 0 Å². The molecule has 0 aromatic heterocycles. The quantitative estimate of drug-likeness (QED) is 0.431. The number of ketones is 1. The Labute approximate surface area is 75.8 Å². The predicted molar refractivity (Wildman–Crippen MR) is 27.1 cm³/mol. The summed E-state index contributed by atoms with van der Waals surface area (Å²) >= 11 is 0. The van der Waals surface area contributed by atoms with Gasteiger partial charge in [0, 0.05) is 0 Å². The molecule has 0 rings (SSSR count). The number of rotatable bonds is 3. The molecular weight excluding hydrogens is 244 g/mol. The summed E-state index contributed by atoms with van der Waals surface area (Å²) in [6.45, 7) is 0. The van der Waals surface area contributed by atoms with Gasteiger partial charge in [-0.25, -0.2) is 0 Å². The minimum atomic E-state index is -6.81. The van der Waals surface area contributed by atoms with E-state index in [0.29, 0.717) is 0 Å². The second kappa shape index (κ2) is 3.42. The number of Topliss-reactive ketones (excluding diaryl/α,β-unsaturated/α-hetero) is 1. The molecule has 2 nitrogen and oxygen atoms in total. The molecule has 0 amide bonds. The fourth-order valence-corrected chi connectivity index (χ4v) is 0.444. The number of carbonyl (C=O) groups is 2. The standard InChI is InChI=1S/C5F8O2/c6-2(15)1(14)3(7,8)4(9,10)5(11,12)13. The van der Waals surface area contributed by atoms with Gasteiger partial charge in [-0.2, -0.15) is 35.1 Å². The van der Waals surface area contributed by atoms with E-state index < -0.39 is 29.8 Å². The Balaban J connectivity index is 5.38. The summed E-state index contributed by atoms with van der Waals surface area (Å²) in [5.74, 6) is -17.0. The molecule has 0 saturated carbocycles. The molecule has 0 unspecified atom stereocenters. The van der Waals surface area contributed by atoms with Crippen molar-refractivity contribution in [3.63, 3.8) is 0 Å². The van der Waals surface area contributed by atoms with Gasteiger partial charge in [0.1, 0.15) is 0 Å². The number of halogens is 8. The molecule has 15 heavy (non-hydrogen) atoms. The molecule has 10 heteroatoms. The van der Waals surface area contributed by atoms with Crippen LogP contribution in [-0.2, 0) is 9.59 Å². The van der Waals surface area contributed by atoms with Gasteiger partial charge in [0.2, 0.25) is 0 Å².